The zero-order chi connectivity index (χ0) is 11.5. The predicted molar refractivity (Wildman–Crippen MR) is 59.3 cm³/mol. The molecule has 0 aliphatic rings. The lowest BCUT2D eigenvalue weighted by Gasteiger charge is -1.95. The fraction of sp³-hybridized carbons (Fsp3) is 0.500. The Kier molecular flexibility index (Phi) is 3.31. The quantitative estimate of drug-likeness (QED) is 0.872. The van der Waals surface area contributed by atoms with Gasteiger partial charge in [-0.25, -0.2) is 4.98 Å². The van der Waals surface area contributed by atoms with Gasteiger partial charge < -0.3 is 9.63 Å². The topological polar surface area (TPSA) is 72.0 Å². The number of aliphatic hydroxyl groups is 1. The molecule has 0 aliphatic heterocycles. The van der Waals surface area contributed by atoms with Crippen LogP contribution in [0.25, 0.3) is 0 Å². The second-order valence-electron chi connectivity index (χ2n) is 3.69. The molecule has 0 bridgehead atoms. The van der Waals surface area contributed by atoms with E-state index in [2.05, 4.69) is 15.1 Å². The van der Waals surface area contributed by atoms with Crippen LogP contribution in [0.15, 0.2) is 9.90 Å². The zero-order valence-electron chi connectivity index (χ0n) is 9.17. The molecule has 2 rings (SSSR count). The average molecular weight is 239 g/mol. The summed E-state index contributed by atoms with van der Waals surface area (Å²) in [5.74, 6) is 1.08. The monoisotopic (exact) mass is 239 g/mol. The Labute approximate surface area is 97.2 Å². The van der Waals surface area contributed by atoms with Gasteiger partial charge in [-0.05, 0) is 13.8 Å². The highest BCUT2D eigenvalue weighted by molar-refractivity contribution is 7.09. The van der Waals surface area contributed by atoms with Gasteiger partial charge in [0.05, 0.1) is 29.6 Å². The van der Waals surface area contributed by atoms with Gasteiger partial charge in [0.25, 0.3) is 0 Å². The molecule has 0 saturated carbocycles. The third kappa shape index (κ3) is 2.86. The highest BCUT2D eigenvalue weighted by atomic mass is 32.1. The average Bonchev–Trinajstić information content (AvgIpc) is 2.76. The summed E-state index contributed by atoms with van der Waals surface area (Å²) in [6, 6.07) is 0. The van der Waals surface area contributed by atoms with Crippen molar-refractivity contribution in [3.63, 3.8) is 0 Å². The third-order valence-electron chi connectivity index (χ3n) is 1.99. The van der Waals surface area contributed by atoms with E-state index in [-0.39, 0.29) is 0 Å². The lowest BCUT2D eigenvalue weighted by Crippen LogP contribution is -2.04. The Balaban J connectivity index is 2.02. The van der Waals surface area contributed by atoms with Crippen LogP contribution in [0.4, 0.5) is 0 Å². The molecule has 86 valence electrons. The first-order valence-corrected chi connectivity index (χ1v) is 5.92. The van der Waals surface area contributed by atoms with Crippen LogP contribution < -0.4 is 0 Å². The van der Waals surface area contributed by atoms with Crippen molar-refractivity contribution in [1.29, 1.82) is 0 Å². The van der Waals surface area contributed by atoms with Gasteiger partial charge in [-0.1, -0.05) is 5.16 Å². The Hall–Kier alpha value is -1.27. The minimum atomic E-state index is -0.463. The second-order valence-corrected chi connectivity index (χ2v) is 4.75. The summed E-state index contributed by atoms with van der Waals surface area (Å²) in [6.07, 6.45) is 0.506. The highest BCUT2D eigenvalue weighted by Gasteiger charge is 2.10. The summed E-state index contributed by atoms with van der Waals surface area (Å²) in [7, 11) is 0. The number of hydrogen-bond acceptors (Lipinski definition) is 6. The molecule has 16 heavy (non-hydrogen) atoms. The van der Waals surface area contributed by atoms with Crippen molar-refractivity contribution < 1.29 is 9.63 Å². The van der Waals surface area contributed by atoms with E-state index in [1.807, 2.05) is 12.3 Å². The SMILES string of the molecule is Cc1nc(Cc2noc(CC(C)O)n2)cs1. The highest BCUT2D eigenvalue weighted by Crippen LogP contribution is 2.11. The minimum Gasteiger partial charge on any atom is -0.393 e. The normalized spacial score (nSPS) is 12.9. The molecular weight excluding hydrogens is 226 g/mol. The number of aliphatic hydroxyl groups excluding tert-OH is 1. The summed E-state index contributed by atoms with van der Waals surface area (Å²) >= 11 is 1.60. The summed E-state index contributed by atoms with van der Waals surface area (Å²) in [5.41, 5.74) is 0.951. The van der Waals surface area contributed by atoms with Gasteiger partial charge in [-0.2, -0.15) is 4.98 Å². The third-order valence-corrected chi connectivity index (χ3v) is 2.81. The maximum absolute atomic E-state index is 9.17. The molecule has 0 spiro atoms. The summed E-state index contributed by atoms with van der Waals surface area (Å²) in [6.45, 7) is 3.65. The van der Waals surface area contributed by atoms with E-state index in [1.54, 1.807) is 18.3 Å². The molecule has 0 aliphatic carbocycles. The fourth-order valence-electron chi connectivity index (χ4n) is 1.35. The van der Waals surface area contributed by atoms with Crippen molar-refractivity contribution in [1.82, 2.24) is 15.1 Å². The smallest absolute Gasteiger partial charge is 0.229 e. The molecule has 5 nitrogen and oxygen atoms in total. The molecule has 0 saturated heterocycles. The molecule has 0 aromatic carbocycles. The van der Waals surface area contributed by atoms with Crippen LogP contribution in [-0.2, 0) is 12.8 Å². The van der Waals surface area contributed by atoms with E-state index >= 15 is 0 Å². The minimum absolute atomic E-state index is 0.392. The van der Waals surface area contributed by atoms with Crippen LogP contribution in [0.5, 0.6) is 0 Å². The van der Waals surface area contributed by atoms with Crippen molar-refractivity contribution in [2.24, 2.45) is 0 Å². The summed E-state index contributed by atoms with van der Waals surface area (Å²) < 4.78 is 5.01. The van der Waals surface area contributed by atoms with Crippen molar-refractivity contribution >= 4 is 11.3 Å². The second kappa shape index (κ2) is 4.71. The number of rotatable bonds is 4. The van der Waals surface area contributed by atoms with Crippen LogP contribution >= 0.6 is 11.3 Å². The van der Waals surface area contributed by atoms with Crippen LogP contribution in [-0.4, -0.2) is 26.3 Å². The molecule has 0 radical (unpaired) electrons. The molecule has 0 fully saturated rings. The molecule has 2 aromatic heterocycles. The van der Waals surface area contributed by atoms with E-state index in [9.17, 15) is 0 Å². The first-order chi connectivity index (χ1) is 7.63. The number of aryl methyl sites for hydroxylation is 1. The molecule has 2 heterocycles. The van der Waals surface area contributed by atoms with E-state index in [0.717, 1.165) is 10.7 Å². The Morgan fingerprint density at radius 2 is 2.31 bits per heavy atom. The maximum Gasteiger partial charge on any atom is 0.229 e. The Bertz CT molecular complexity index is 464. The van der Waals surface area contributed by atoms with E-state index < -0.39 is 6.10 Å². The molecule has 1 unspecified atom stereocenters. The van der Waals surface area contributed by atoms with Crippen molar-refractivity contribution in [3.8, 4) is 0 Å². The van der Waals surface area contributed by atoms with Crippen molar-refractivity contribution in [3.05, 3.63) is 27.8 Å². The molecule has 6 heteroatoms. The number of hydrogen-bond donors (Lipinski definition) is 1. The van der Waals surface area contributed by atoms with Gasteiger partial charge in [0, 0.05) is 5.38 Å². The standard InChI is InChI=1S/C10H13N3O2S/c1-6(14)3-10-12-9(13-15-10)4-8-5-16-7(2)11-8/h5-6,14H,3-4H2,1-2H3. The van der Waals surface area contributed by atoms with E-state index in [1.165, 1.54) is 0 Å². The number of nitrogens with zero attached hydrogens (tertiary/aromatic N) is 3. The maximum atomic E-state index is 9.17. The van der Waals surface area contributed by atoms with Crippen LogP contribution in [0, 0.1) is 6.92 Å². The first kappa shape index (κ1) is 11.2. The van der Waals surface area contributed by atoms with Crippen molar-refractivity contribution in [2.45, 2.75) is 32.8 Å². The Morgan fingerprint density at radius 1 is 1.50 bits per heavy atom. The summed E-state index contributed by atoms with van der Waals surface area (Å²) in [5, 5.41) is 16.0. The van der Waals surface area contributed by atoms with Crippen LogP contribution in [0.2, 0.25) is 0 Å². The van der Waals surface area contributed by atoms with Gasteiger partial charge in [0.2, 0.25) is 5.89 Å². The number of aromatic nitrogens is 3. The van der Waals surface area contributed by atoms with E-state index in [0.29, 0.717) is 24.6 Å². The molecule has 1 N–H and O–H groups in total. The van der Waals surface area contributed by atoms with Gasteiger partial charge in [0.1, 0.15) is 0 Å². The van der Waals surface area contributed by atoms with Gasteiger partial charge in [-0.3, -0.25) is 0 Å². The fourth-order valence-corrected chi connectivity index (χ4v) is 1.96. The lowest BCUT2D eigenvalue weighted by molar-refractivity contribution is 0.181. The van der Waals surface area contributed by atoms with Crippen LogP contribution in [0.3, 0.4) is 0 Å². The van der Waals surface area contributed by atoms with Crippen LogP contribution in [0.1, 0.15) is 29.3 Å². The Morgan fingerprint density at radius 3 is 2.94 bits per heavy atom. The lowest BCUT2D eigenvalue weighted by atomic mass is 10.3. The van der Waals surface area contributed by atoms with Gasteiger partial charge in [0.15, 0.2) is 5.82 Å². The summed E-state index contributed by atoms with van der Waals surface area (Å²) in [4.78, 5) is 8.51. The predicted octanol–water partition coefficient (Wildman–Crippen LogP) is 1.35. The van der Waals surface area contributed by atoms with Gasteiger partial charge in [-0.15, -0.1) is 11.3 Å². The van der Waals surface area contributed by atoms with Gasteiger partial charge >= 0.3 is 0 Å². The molecule has 0 amide bonds. The first-order valence-electron chi connectivity index (χ1n) is 5.04. The molecule has 1 atom stereocenters. The zero-order valence-corrected chi connectivity index (χ0v) is 9.99. The largest absolute Gasteiger partial charge is 0.393 e. The van der Waals surface area contributed by atoms with E-state index in [4.69, 9.17) is 9.63 Å². The molecule has 2 aromatic rings. The van der Waals surface area contributed by atoms with Crippen molar-refractivity contribution in [2.75, 3.05) is 0 Å². The number of thiazole rings is 1. The molecular formula is C10H13N3O2S.